The first-order valence-electron chi connectivity index (χ1n) is 5.89. The van der Waals surface area contributed by atoms with Gasteiger partial charge in [0.2, 0.25) is 0 Å². The van der Waals surface area contributed by atoms with Crippen molar-refractivity contribution >= 4 is 5.78 Å². The van der Waals surface area contributed by atoms with Crippen LogP contribution in [0.3, 0.4) is 0 Å². The van der Waals surface area contributed by atoms with Crippen LogP contribution in [0.5, 0.6) is 5.75 Å². The van der Waals surface area contributed by atoms with Crippen LogP contribution in [0.15, 0.2) is 6.20 Å². The van der Waals surface area contributed by atoms with E-state index in [-0.39, 0.29) is 5.78 Å². The summed E-state index contributed by atoms with van der Waals surface area (Å²) in [6.45, 7) is 2.78. The number of carbonyl (C=O) groups excluding carboxylic acids is 1. The molecule has 17 heavy (non-hydrogen) atoms. The molecule has 1 rings (SSSR count). The predicted octanol–water partition coefficient (Wildman–Crippen LogP) is 1.38. The first-order valence-corrected chi connectivity index (χ1v) is 5.89. The van der Waals surface area contributed by atoms with E-state index >= 15 is 0 Å². The Morgan fingerprint density at radius 2 is 2.29 bits per heavy atom. The maximum Gasteiger partial charge on any atom is 0.184 e. The van der Waals surface area contributed by atoms with Gasteiger partial charge in [0.15, 0.2) is 11.5 Å². The number of aromatic nitrogens is 2. The number of aryl methyl sites for hydroxylation is 1. The van der Waals surface area contributed by atoms with Crippen molar-refractivity contribution in [3.8, 4) is 5.75 Å². The van der Waals surface area contributed by atoms with Crippen LogP contribution in [0.2, 0.25) is 0 Å². The van der Waals surface area contributed by atoms with E-state index in [4.69, 9.17) is 10.5 Å². The van der Waals surface area contributed by atoms with Crippen molar-refractivity contribution in [3.05, 3.63) is 11.9 Å². The van der Waals surface area contributed by atoms with Gasteiger partial charge in [-0.25, -0.2) is 0 Å². The van der Waals surface area contributed by atoms with Gasteiger partial charge in [-0.05, 0) is 25.3 Å². The van der Waals surface area contributed by atoms with Gasteiger partial charge in [0.05, 0.1) is 13.3 Å². The third-order valence-electron chi connectivity index (χ3n) is 2.91. The molecule has 0 radical (unpaired) electrons. The number of methoxy groups -OCH3 is 1. The smallest absolute Gasteiger partial charge is 0.184 e. The third kappa shape index (κ3) is 3.56. The molecule has 1 aromatic rings. The van der Waals surface area contributed by atoms with E-state index in [1.807, 2.05) is 0 Å². The van der Waals surface area contributed by atoms with E-state index < -0.39 is 0 Å². The average molecular weight is 239 g/mol. The van der Waals surface area contributed by atoms with Gasteiger partial charge in [-0.3, -0.25) is 9.48 Å². The first kappa shape index (κ1) is 13.7. The number of nitrogens with two attached hydrogens (primary N) is 1. The zero-order valence-corrected chi connectivity index (χ0v) is 10.8. The van der Waals surface area contributed by atoms with Crippen molar-refractivity contribution in [3.63, 3.8) is 0 Å². The second-order valence-corrected chi connectivity index (χ2v) is 4.33. The number of rotatable bonds is 7. The summed E-state index contributed by atoms with van der Waals surface area (Å²) in [5.41, 5.74) is 6.03. The van der Waals surface area contributed by atoms with Crippen molar-refractivity contribution in [2.45, 2.75) is 26.2 Å². The minimum absolute atomic E-state index is 0.0747. The number of ketones is 1. The molecule has 0 amide bonds. The zero-order valence-electron chi connectivity index (χ0n) is 10.8. The van der Waals surface area contributed by atoms with Gasteiger partial charge >= 0.3 is 0 Å². The molecule has 0 aliphatic rings. The Hall–Kier alpha value is -1.36. The maximum absolute atomic E-state index is 12.0. The molecule has 96 valence electrons. The Balaban J connectivity index is 2.60. The number of Topliss-reactive ketones (excluding diaryl/α,β-unsaturated/α-hetero) is 1. The molecule has 1 heterocycles. The molecule has 1 unspecified atom stereocenters. The minimum atomic E-state index is 0.0747. The Labute approximate surface area is 102 Å². The van der Waals surface area contributed by atoms with Crippen molar-refractivity contribution < 1.29 is 9.53 Å². The molecule has 5 heteroatoms. The van der Waals surface area contributed by atoms with Gasteiger partial charge < -0.3 is 10.5 Å². The summed E-state index contributed by atoms with van der Waals surface area (Å²) >= 11 is 0. The maximum atomic E-state index is 12.0. The molecule has 0 spiro atoms. The third-order valence-corrected chi connectivity index (χ3v) is 2.91. The van der Waals surface area contributed by atoms with Crippen LogP contribution in [0.4, 0.5) is 0 Å². The van der Waals surface area contributed by atoms with E-state index in [1.54, 1.807) is 25.0 Å². The quantitative estimate of drug-likeness (QED) is 0.730. The lowest BCUT2D eigenvalue weighted by Gasteiger charge is -2.09. The summed E-state index contributed by atoms with van der Waals surface area (Å²) < 4.78 is 6.68. The Bertz CT molecular complexity index is 374. The molecule has 1 atom stereocenters. The fraction of sp³-hybridized carbons (Fsp3) is 0.667. The van der Waals surface area contributed by atoms with Crippen LogP contribution in [0.25, 0.3) is 0 Å². The molecule has 1 aromatic heterocycles. The molecule has 2 N–H and O–H groups in total. The fourth-order valence-electron chi connectivity index (χ4n) is 1.81. The topological polar surface area (TPSA) is 70.1 Å². The van der Waals surface area contributed by atoms with Crippen LogP contribution in [0.1, 0.15) is 36.7 Å². The fourth-order valence-corrected chi connectivity index (χ4v) is 1.81. The molecule has 0 saturated heterocycles. The lowest BCUT2D eigenvalue weighted by molar-refractivity contribution is 0.0962. The molecule has 0 fully saturated rings. The number of ether oxygens (including phenoxy) is 1. The molecule has 0 aliphatic carbocycles. The lowest BCUT2D eigenvalue weighted by atomic mass is 9.99. The summed E-state index contributed by atoms with van der Waals surface area (Å²) in [6.07, 6.45) is 3.88. The second-order valence-electron chi connectivity index (χ2n) is 4.33. The van der Waals surface area contributed by atoms with E-state index in [1.165, 1.54) is 0 Å². The normalized spacial score (nSPS) is 12.5. The van der Waals surface area contributed by atoms with Crippen molar-refractivity contribution in [2.24, 2.45) is 18.7 Å². The van der Waals surface area contributed by atoms with Gasteiger partial charge in [0.1, 0.15) is 5.69 Å². The van der Waals surface area contributed by atoms with Crippen LogP contribution in [-0.2, 0) is 7.05 Å². The van der Waals surface area contributed by atoms with Crippen LogP contribution >= 0.6 is 0 Å². The number of hydrogen-bond acceptors (Lipinski definition) is 4. The zero-order chi connectivity index (χ0) is 12.8. The lowest BCUT2D eigenvalue weighted by Crippen LogP contribution is -2.11. The Morgan fingerprint density at radius 3 is 2.88 bits per heavy atom. The SMILES string of the molecule is COc1cnn(C)c1C(=O)CCC(C)CCN. The molecule has 5 nitrogen and oxygen atoms in total. The Morgan fingerprint density at radius 1 is 1.59 bits per heavy atom. The summed E-state index contributed by atoms with van der Waals surface area (Å²) in [5.74, 6) is 1.10. The number of nitrogens with zero attached hydrogens (tertiary/aromatic N) is 2. The monoisotopic (exact) mass is 239 g/mol. The van der Waals surface area contributed by atoms with Gasteiger partial charge in [-0.15, -0.1) is 0 Å². The van der Waals surface area contributed by atoms with Gasteiger partial charge in [-0.2, -0.15) is 5.10 Å². The standard InChI is InChI=1S/C12H21N3O2/c1-9(6-7-13)4-5-10(16)12-11(17-3)8-14-15(12)2/h8-9H,4-7,13H2,1-3H3. The first-order chi connectivity index (χ1) is 8.10. The van der Waals surface area contributed by atoms with Gasteiger partial charge in [0.25, 0.3) is 0 Å². The second kappa shape index (κ2) is 6.39. The highest BCUT2D eigenvalue weighted by Gasteiger charge is 2.17. The summed E-state index contributed by atoms with van der Waals surface area (Å²) in [4.78, 5) is 12.0. The highest BCUT2D eigenvalue weighted by molar-refractivity contribution is 5.96. The molecule has 0 aliphatic heterocycles. The van der Waals surface area contributed by atoms with E-state index in [0.717, 1.165) is 12.8 Å². The summed E-state index contributed by atoms with van der Waals surface area (Å²) in [5, 5.41) is 4.02. The van der Waals surface area contributed by atoms with Crippen molar-refractivity contribution in [2.75, 3.05) is 13.7 Å². The molecular formula is C12H21N3O2. The number of carbonyl (C=O) groups is 1. The number of hydrogen-bond donors (Lipinski definition) is 1. The van der Waals surface area contributed by atoms with Crippen LogP contribution in [0, 0.1) is 5.92 Å². The molecule has 0 bridgehead atoms. The van der Waals surface area contributed by atoms with Crippen molar-refractivity contribution in [1.29, 1.82) is 0 Å². The predicted molar refractivity (Wildman–Crippen MR) is 66.2 cm³/mol. The minimum Gasteiger partial charge on any atom is -0.493 e. The van der Waals surface area contributed by atoms with Gasteiger partial charge in [-0.1, -0.05) is 6.92 Å². The van der Waals surface area contributed by atoms with Crippen LogP contribution < -0.4 is 10.5 Å². The molecule has 0 saturated carbocycles. The Kier molecular flexibility index (Phi) is 5.15. The van der Waals surface area contributed by atoms with Gasteiger partial charge in [0, 0.05) is 13.5 Å². The van der Waals surface area contributed by atoms with Crippen molar-refractivity contribution in [1.82, 2.24) is 9.78 Å². The average Bonchev–Trinajstić information content (AvgIpc) is 2.68. The summed E-state index contributed by atoms with van der Waals surface area (Å²) in [6, 6.07) is 0. The van der Waals surface area contributed by atoms with Crippen LogP contribution in [-0.4, -0.2) is 29.2 Å². The largest absolute Gasteiger partial charge is 0.493 e. The highest BCUT2D eigenvalue weighted by Crippen LogP contribution is 2.20. The van der Waals surface area contributed by atoms with E-state index in [9.17, 15) is 4.79 Å². The van der Waals surface area contributed by atoms with E-state index in [0.29, 0.717) is 30.3 Å². The summed E-state index contributed by atoms with van der Waals surface area (Å²) in [7, 11) is 3.30. The highest BCUT2D eigenvalue weighted by atomic mass is 16.5. The van der Waals surface area contributed by atoms with E-state index in [2.05, 4.69) is 12.0 Å². The molecule has 0 aromatic carbocycles. The molecular weight excluding hydrogens is 218 g/mol.